The van der Waals surface area contributed by atoms with Crippen molar-refractivity contribution in [3.05, 3.63) is 47.2 Å². The molecule has 0 saturated carbocycles. The van der Waals surface area contributed by atoms with Crippen molar-refractivity contribution in [2.24, 2.45) is 0 Å². The zero-order valence-corrected chi connectivity index (χ0v) is 12.2. The minimum absolute atomic E-state index is 0.123. The molecule has 0 spiro atoms. The van der Waals surface area contributed by atoms with E-state index in [2.05, 4.69) is 4.98 Å². The summed E-state index contributed by atoms with van der Waals surface area (Å²) in [4.78, 5) is 2.79. The molecule has 0 fully saturated rings. The molecule has 0 bridgehead atoms. The first-order valence-corrected chi connectivity index (χ1v) is 7.56. The highest BCUT2D eigenvalue weighted by molar-refractivity contribution is 7.92. The second-order valence-electron chi connectivity index (χ2n) is 4.16. The number of nitrogens with one attached hydrogen (secondary N) is 1. The van der Waals surface area contributed by atoms with E-state index in [1.165, 1.54) is 0 Å². The van der Waals surface area contributed by atoms with E-state index in [4.69, 9.17) is 21.6 Å². The third-order valence-electron chi connectivity index (χ3n) is 2.59. The molecule has 2 rings (SSSR count). The maximum absolute atomic E-state index is 13.6. The van der Waals surface area contributed by atoms with E-state index in [9.17, 15) is 17.2 Å². The quantitative estimate of drug-likeness (QED) is 0.552. The molecule has 0 radical (unpaired) electrons. The topological polar surface area (TPSA) is 99.5 Å². The lowest BCUT2D eigenvalue weighted by Gasteiger charge is -2.11. The molecule has 2 aromatic rings. The van der Waals surface area contributed by atoms with Crippen molar-refractivity contribution in [1.29, 1.82) is 0 Å². The summed E-state index contributed by atoms with van der Waals surface area (Å²) in [6, 6.07) is 2.98. The van der Waals surface area contributed by atoms with Crippen molar-refractivity contribution < 1.29 is 27.2 Å². The Morgan fingerprint density at radius 3 is 2.50 bits per heavy atom. The van der Waals surface area contributed by atoms with Gasteiger partial charge in [0.05, 0.1) is 5.69 Å². The van der Waals surface area contributed by atoms with Gasteiger partial charge in [-0.25, -0.2) is 22.2 Å². The first kappa shape index (κ1) is 16.6. The van der Waals surface area contributed by atoms with Gasteiger partial charge in [-0.1, -0.05) is 11.6 Å². The summed E-state index contributed by atoms with van der Waals surface area (Å²) in [5.41, 5.74) is -0.405. The average molecular weight is 349 g/mol. The summed E-state index contributed by atoms with van der Waals surface area (Å²) >= 11 is 5.70. The lowest BCUT2D eigenvalue weighted by molar-refractivity contribution is 0.425. The highest BCUT2D eigenvalue weighted by Crippen LogP contribution is 2.23. The molecule has 1 aromatic carbocycles. The van der Waals surface area contributed by atoms with Gasteiger partial charge in [0.1, 0.15) is 16.5 Å². The van der Waals surface area contributed by atoms with Crippen LogP contribution in [0, 0.1) is 11.6 Å². The van der Waals surface area contributed by atoms with Gasteiger partial charge in [-0.05, 0) is 18.2 Å². The molecule has 1 aromatic heterocycles. The van der Waals surface area contributed by atoms with Crippen LogP contribution in [0.4, 0.5) is 14.5 Å². The summed E-state index contributed by atoms with van der Waals surface area (Å²) in [5, 5.41) is 17.8. The minimum Gasteiger partial charge on any atom is -0.423 e. The molecule has 22 heavy (non-hydrogen) atoms. The number of hydrogen-bond acceptors (Lipinski definition) is 5. The molecule has 0 atom stereocenters. The molecule has 0 aliphatic carbocycles. The Balaban J connectivity index is 2.42. The van der Waals surface area contributed by atoms with Crippen LogP contribution in [0.25, 0.3) is 0 Å². The van der Waals surface area contributed by atoms with Crippen LogP contribution in [0.5, 0.6) is 0 Å². The normalized spacial score (nSPS) is 11.3. The van der Waals surface area contributed by atoms with Gasteiger partial charge in [0.25, 0.3) is 10.0 Å². The third kappa shape index (κ3) is 3.53. The largest absolute Gasteiger partial charge is 0.490 e. The first-order valence-electron chi connectivity index (χ1n) is 5.70. The van der Waals surface area contributed by atoms with Gasteiger partial charge >= 0.3 is 7.12 Å². The van der Waals surface area contributed by atoms with Crippen LogP contribution in [0.2, 0.25) is 5.15 Å². The fourth-order valence-electron chi connectivity index (χ4n) is 1.57. The molecular weight excluding hydrogens is 340 g/mol. The first-order chi connectivity index (χ1) is 10.2. The minimum atomic E-state index is -4.41. The smallest absolute Gasteiger partial charge is 0.423 e. The number of nitrogens with zero attached hydrogens (tertiary/aromatic N) is 1. The highest BCUT2D eigenvalue weighted by atomic mass is 35.5. The lowest BCUT2D eigenvalue weighted by atomic mass is 9.81. The molecular formula is C11H8BClF2N2O4S. The molecule has 6 nitrogen and oxygen atoms in total. The van der Waals surface area contributed by atoms with E-state index < -0.39 is 33.7 Å². The number of pyridine rings is 1. The maximum atomic E-state index is 13.6. The van der Waals surface area contributed by atoms with Crippen LogP contribution in [-0.2, 0) is 10.0 Å². The molecule has 0 unspecified atom stereocenters. The van der Waals surface area contributed by atoms with Gasteiger partial charge in [-0.2, -0.15) is 0 Å². The number of benzene rings is 1. The van der Waals surface area contributed by atoms with Crippen LogP contribution < -0.4 is 10.2 Å². The van der Waals surface area contributed by atoms with E-state index >= 15 is 0 Å². The molecule has 0 amide bonds. The average Bonchev–Trinajstić information content (AvgIpc) is 2.40. The Morgan fingerprint density at radius 1 is 1.23 bits per heavy atom. The maximum Gasteiger partial charge on any atom is 0.490 e. The summed E-state index contributed by atoms with van der Waals surface area (Å²) in [7, 11) is -6.30. The van der Waals surface area contributed by atoms with E-state index in [1.54, 1.807) is 0 Å². The zero-order chi connectivity index (χ0) is 16.5. The number of anilines is 1. The molecule has 116 valence electrons. The van der Waals surface area contributed by atoms with E-state index in [1.807, 2.05) is 4.72 Å². The van der Waals surface area contributed by atoms with Crippen LogP contribution in [-0.4, -0.2) is 30.6 Å². The Labute approximate surface area is 129 Å². The van der Waals surface area contributed by atoms with E-state index in [0.29, 0.717) is 6.07 Å². The van der Waals surface area contributed by atoms with Gasteiger partial charge in [0.15, 0.2) is 5.15 Å². The fourth-order valence-corrected chi connectivity index (χ4v) is 2.89. The van der Waals surface area contributed by atoms with Crippen molar-refractivity contribution >= 4 is 39.9 Å². The predicted octanol–water partition coefficient (Wildman–Crippen LogP) is 0.494. The summed E-state index contributed by atoms with van der Waals surface area (Å²) in [5.74, 6) is -2.21. The molecule has 0 aliphatic heterocycles. The van der Waals surface area contributed by atoms with Crippen molar-refractivity contribution in [3.63, 3.8) is 0 Å². The lowest BCUT2D eigenvalue weighted by Crippen LogP contribution is -2.30. The number of aromatic nitrogens is 1. The van der Waals surface area contributed by atoms with Gasteiger partial charge in [-0.15, -0.1) is 0 Å². The Bertz CT molecular complexity index is 820. The molecule has 1 heterocycles. The second kappa shape index (κ2) is 6.17. The van der Waals surface area contributed by atoms with E-state index in [-0.39, 0.29) is 16.3 Å². The SMILES string of the molecule is O=S(=O)(Nc1cc(B(O)O)cnc1Cl)c1ccc(F)cc1F. The molecule has 3 N–H and O–H groups in total. The molecule has 0 aliphatic rings. The summed E-state index contributed by atoms with van der Waals surface area (Å²) < 4.78 is 52.5. The summed E-state index contributed by atoms with van der Waals surface area (Å²) in [6.07, 6.45) is 1.03. The van der Waals surface area contributed by atoms with Crippen molar-refractivity contribution in [3.8, 4) is 0 Å². The number of halogens is 3. The zero-order valence-electron chi connectivity index (χ0n) is 10.7. The number of rotatable bonds is 4. The molecule has 0 saturated heterocycles. The van der Waals surface area contributed by atoms with Gasteiger partial charge in [0.2, 0.25) is 0 Å². The van der Waals surface area contributed by atoms with Crippen molar-refractivity contribution in [2.75, 3.05) is 4.72 Å². The summed E-state index contributed by atoms with van der Waals surface area (Å²) in [6.45, 7) is 0. The van der Waals surface area contributed by atoms with Crippen molar-refractivity contribution in [2.45, 2.75) is 4.90 Å². The Kier molecular flexibility index (Phi) is 4.66. The van der Waals surface area contributed by atoms with Crippen LogP contribution in [0.1, 0.15) is 0 Å². The monoisotopic (exact) mass is 348 g/mol. The third-order valence-corrected chi connectivity index (χ3v) is 4.29. The van der Waals surface area contributed by atoms with Crippen LogP contribution in [0.15, 0.2) is 35.4 Å². The van der Waals surface area contributed by atoms with Gasteiger partial charge in [0, 0.05) is 17.7 Å². The van der Waals surface area contributed by atoms with E-state index in [0.717, 1.165) is 24.4 Å². The standard InChI is InChI=1S/C11H8BClF2N2O4S/c13-11-9(3-6(5-16-11)12(18)19)17-22(20,21)10-2-1-7(14)4-8(10)15/h1-5,17-19H. The Morgan fingerprint density at radius 2 is 1.91 bits per heavy atom. The fraction of sp³-hybridized carbons (Fsp3) is 0. The molecule has 11 heteroatoms. The highest BCUT2D eigenvalue weighted by Gasteiger charge is 2.22. The van der Waals surface area contributed by atoms with Crippen molar-refractivity contribution in [1.82, 2.24) is 4.98 Å². The predicted molar refractivity (Wildman–Crippen MR) is 76.2 cm³/mol. The van der Waals surface area contributed by atoms with Gasteiger partial charge < -0.3 is 10.0 Å². The van der Waals surface area contributed by atoms with Gasteiger partial charge in [-0.3, -0.25) is 4.72 Å². The number of hydrogen-bond donors (Lipinski definition) is 3. The van der Waals surface area contributed by atoms with Crippen LogP contribution >= 0.6 is 11.6 Å². The Hall–Kier alpha value is -1.75. The van der Waals surface area contributed by atoms with Crippen LogP contribution in [0.3, 0.4) is 0 Å². The second-order valence-corrected chi connectivity index (χ2v) is 6.17. The number of sulfonamides is 1.